The first-order valence-electron chi connectivity index (χ1n) is 10.5. The average Bonchev–Trinajstić information content (AvgIpc) is 2.85. The fourth-order valence-corrected chi connectivity index (χ4v) is 3.68. The zero-order valence-electron chi connectivity index (χ0n) is 18.8. The summed E-state index contributed by atoms with van der Waals surface area (Å²) in [6.45, 7) is -0.299. The van der Waals surface area contributed by atoms with Crippen molar-refractivity contribution in [3.63, 3.8) is 0 Å². The summed E-state index contributed by atoms with van der Waals surface area (Å²) in [4.78, 5) is 39.0. The lowest BCUT2D eigenvalue weighted by Gasteiger charge is -2.15. The van der Waals surface area contributed by atoms with Crippen molar-refractivity contribution in [2.75, 3.05) is 19.5 Å². The number of carbonyl (C=O) groups is 2. The van der Waals surface area contributed by atoms with Crippen molar-refractivity contribution in [1.29, 1.82) is 0 Å². The monoisotopic (exact) mass is 478 g/mol. The number of amides is 1. The van der Waals surface area contributed by atoms with Gasteiger partial charge in [-0.05, 0) is 54.6 Å². The average molecular weight is 478 g/mol. The van der Waals surface area contributed by atoms with Crippen LogP contribution in [0.2, 0.25) is 0 Å². The topological polar surface area (TPSA) is 86.6 Å². The summed E-state index contributed by atoms with van der Waals surface area (Å²) in [6.07, 6.45) is 1.25. The molecule has 0 unspecified atom stereocenters. The molecule has 178 valence electrons. The number of methoxy groups -OCH3 is 2. The Morgan fingerprint density at radius 3 is 2.31 bits per heavy atom. The molecule has 7 nitrogen and oxygen atoms in total. The quantitative estimate of drug-likeness (QED) is 0.403. The molecule has 1 amide bonds. The highest BCUT2D eigenvalue weighted by molar-refractivity contribution is 6.10. The Balaban J connectivity index is 1.75. The van der Waals surface area contributed by atoms with E-state index in [1.807, 2.05) is 0 Å². The highest BCUT2D eigenvalue weighted by atomic mass is 19.1. The van der Waals surface area contributed by atoms with Crippen LogP contribution in [-0.4, -0.2) is 30.5 Å². The minimum atomic E-state index is -0.694. The summed E-state index contributed by atoms with van der Waals surface area (Å²) < 4.78 is 39.1. The number of ether oxygens (including phenoxy) is 2. The van der Waals surface area contributed by atoms with E-state index in [9.17, 15) is 23.2 Å². The number of hydrogen-bond acceptors (Lipinski definition) is 5. The Morgan fingerprint density at radius 2 is 1.63 bits per heavy atom. The zero-order chi connectivity index (χ0) is 25.1. The van der Waals surface area contributed by atoms with Crippen molar-refractivity contribution in [3.8, 4) is 11.5 Å². The number of anilines is 1. The summed E-state index contributed by atoms with van der Waals surface area (Å²) >= 11 is 0. The van der Waals surface area contributed by atoms with Crippen LogP contribution < -0.4 is 20.2 Å². The Kier molecular flexibility index (Phi) is 6.59. The summed E-state index contributed by atoms with van der Waals surface area (Å²) in [5, 5.41) is 2.65. The number of fused-ring (bicyclic) bond motifs is 1. The molecule has 0 fully saturated rings. The highest BCUT2D eigenvalue weighted by Crippen LogP contribution is 2.29. The van der Waals surface area contributed by atoms with E-state index in [4.69, 9.17) is 9.47 Å². The van der Waals surface area contributed by atoms with Crippen molar-refractivity contribution in [2.24, 2.45) is 0 Å². The van der Waals surface area contributed by atoms with E-state index in [-0.39, 0.29) is 28.6 Å². The minimum Gasteiger partial charge on any atom is -0.497 e. The number of aromatic nitrogens is 1. The molecule has 0 aliphatic heterocycles. The first-order chi connectivity index (χ1) is 16.8. The van der Waals surface area contributed by atoms with Crippen LogP contribution in [0.25, 0.3) is 10.9 Å². The van der Waals surface area contributed by atoms with Gasteiger partial charge in [-0.1, -0.05) is 0 Å². The highest BCUT2D eigenvalue weighted by Gasteiger charge is 2.19. The fourth-order valence-electron chi connectivity index (χ4n) is 3.68. The lowest BCUT2D eigenvalue weighted by atomic mass is 10.0. The van der Waals surface area contributed by atoms with Crippen molar-refractivity contribution >= 4 is 28.3 Å². The maximum Gasteiger partial charge on any atom is 0.244 e. The summed E-state index contributed by atoms with van der Waals surface area (Å²) in [5.74, 6) is -1.48. The summed E-state index contributed by atoms with van der Waals surface area (Å²) in [5.41, 5.74) is -0.270. The first kappa shape index (κ1) is 23.6. The number of rotatable bonds is 7. The largest absolute Gasteiger partial charge is 0.497 e. The molecule has 0 saturated heterocycles. The molecule has 0 aliphatic carbocycles. The molecular weight excluding hydrogens is 458 g/mol. The van der Waals surface area contributed by atoms with E-state index in [1.165, 1.54) is 43.2 Å². The van der Waals surface area contributed by atoms with Gasteiger partial charge in [0.15, 0.2) is 5.78 Å². The smallest absolute Gasteiger partial charge is 0.244 e. The Morgan fingerprint density at radius 1 is 0.914 bits per heavy atom. The van der Waals surface area contributed by atoms with Crippen molar-refractivity contribution < 1.29 is 27.8 Å². The van der Waals surface area contributed by atoms with Gasteiger partial charge < -0.3 is 19.4 Å². The maximum absolute atomic E-state index is 14.0. The van der Waals surface area contributed by atoms with E-state index in [0.717, 1.165) is 24.3 Å². The number of nitrogens with one attached hydrogen (secondary N) is 1. The van der Waals surface area contributed by atoms with Crippen LogP contribution >= 0.6 is 0 Å². The number of nitrogens with zero attached hydrogens (tertiary/aromatic N) is 1. The molecule has 1 aromatic heterocycles. The maximum atomic E-state index is 14.0. The molecule has 4 rings (SSSR count). The van der Waals surface area contributed by atoms with Gasteiger partial charge in [-0.3, -0.25) is 14.4 Å². The van der Waals surface area contributed by atoms with Crippen LogP contribution in [0.3, 0.4) is 0 Å². The predicted molar refractivity (Wildman–Crippen MR) is 126 cm³/mol. The molecule has 0 atom stereocenters. The van der Waals surface area contributed by atoms with Gasteiger partial charge in [0.2, 0.25) is 11.3 Å². The summed E-state index contributed by atoms with van der Waals surface area (Å²) in [7, 11) is 2.94. The lowest BCUT2D eigenvalue weighted by molar-refractivity contribution is -0.116. The normalized spacial score (nSPS) is 10.7. The van der Waals surface area contributed by atoms with Crippen LogP contribution in [0.1, 0.15) is 15.9 Å². The van der Waals surface area contributed by atoms with Crippen LogP contribution in [0.15, 0.2) is 71.7 Å². The molecule has 0 aliphatic rings. The Labute approximate surface area is 198 Å². The van der Waals surface area contributed by atoms with E-state index in [1.54, 1.807) is 18.2 Å². The number of pyridine rings is 1. The van der Waals surface area contributed by atoms with E-state index >= 15 is 0 Å². The second-order valence-electron chi connectivity index (χ2n) is 7.61. The molecule has 35 heavy (non-hydrogen) atoms. The lowest BCUT2D eigenvalue weighted by Crippen LogP contribution is -2.24. The van der Waals surface area contributed by atoms with E-state index in [0.29, 0.717) is 17.2 Å². The van der Waals surface area contributed by atoms with E-state index < -0.39 is 28.8 Å². The van der Waals surface area contributed by atoms with Crippen LogP contribution in [0.5, 0.6) is 11.5 Å². The molecule has 0 bridgehead atoms. The Hall–Kier alpha value is -4.53. The number of halogens is 2. The third-order valence-corrected chi connectivity index (χ3v) is 5.39. The standard InChI is InChI=1S/C26H20F2N2O5/c1-34-18-8-10-23(35-2)21(12-18)29-24(31)14-30-13-20(25(32)15-3-5-16(27)6-4-15)26(33)19-11-17(28)7-9-22(19)30/h3-13H,14H2,1-2H3,(H,29,31). The van der Waals surface area contributed by atoms with Crippen LogP contribution in [0, 0.1) is 11.6 Å². The first-order valence-corrected chi connectivity index (χ1v) is 10.5. The van der Waals surface area contributed by atoms with Crippen LogP contribution in [0.4, 0.5) is 14.5 Å². The van der Waals surface area contributed by atoms with Crippen molar-refractivity contribution in [3.05, 3.63) is 99.8 Å². The molecule has 9 heteroatoms. The molecule has 1 heterocycles. The number of benzene rings is 3. The SMILES string of the molecule is COc1ccc(OC)c(NC(=O)Cn2cc(C(=O)c3ccc(F)cc3)c(=O)c3cc(F)ccc32)c1. The van der Waals surface area contributed by atoms with Gasteiger partial charge in [0.25, 0.3) is 0 Å². The molecular formula is C26H20F2N2O5. The van der Waals surface area contributed by atoms with Crippen LogP contribution in [-0.2, 0) is 11.3 Å². The molecule has 4 aromatic rings. The molecule has 0 saturated carbocycles. The third-order valence-electron chi connectivity index (χ3n) is 5.39. The second kappa shape index (κ2) is 9.76. The van der Waals surface area contributed by atoms with Gasteiger partial charge in [0, 0.05) is 23.2 Å². The van der Waals surface area contributed by atoms with Gasteiger partial charge in [-0.15, -0.1) is 0 Å². The van der Waals surface area contributed by atoms with Gasteiger partial charge >= 0.3 is 0 Å². The van der Waals surface area contributed by atoms with Crippen molar-refractivity contribution in [1.82, 2.24) is 4.57 Å². The molecule has 1 N–H and O–H groups in total. The molecule has 0 radical (unpaired) electrons. The third kappa shape index (κ3) is 4.89. The van der Waals surface area contributed by atoms with Gasteiger partial charge in [0.05, 0.1) is 31.0 Å². The number of carbonyl (C=O) groups excluding carboxylic acids is 2. The van der Waals surface area contributed by atoms with Gasteiger partial charge in [0.1, 0.15) is 29.7 Å². The number of hydrogen-bond donors (Lipinski definition) is 1. The van der Waals surface area contributed by atoms with Gasteiger partial charge in [-0.25, -0.2) is 8.78 Å². The second-order valence-corrected chi connectivity index (χ2v) is 7.61. The van der Waals surface area contributed by atoms with Crippen molar-refractivity contribution in [2.45, 2.75) is 6.54 Å². The minimum absolute atomic E-state index is 0.0651. The van der Waals surface area contributed by atoms with E-state index in [2.05, 4.69) is 5.32 Å². The number of ketones is 1. The fraction of sp³-hybridized carbons (Fsp3) is 0.115. The van der Waals surface area contributed by atoms with Gasteiger partial charge in [-0.2, -0.15) is 0 Å². The molecule has 3 aromatic carbocycles. The Bertz CT molecular complexity index is 1500. The zero-order valence-corrected chi connectivity index (χ0v) is 18.8. The predicted octanol–water partition coefficient (Wildman–Crippen LogP) is 4.17. The summed E-state index contributed by atoms with van der Waals surface area (Å²) in [6, 6.07) is 13.1. The molecule has 0 spiro atoms.